The Balaban J connectivity index is 1.59. The van der Waals surface area contributed by atoms with E-state index in [9.17, 15) is 4.79 Å². The van der Waals surface area contributed by atoms with Crippen molar-refractivity contribution in [2.45, 2.75) is 24.3 Å². The van der Waals surface area contributed by atoms with Crippen LogP contribution in [0, 0.1) is 5.92 Å². The normalized spacial score (nSPS) is 17.3. The van der Waals surface area contributed by atoms with E-state index in [1.165, 1.54) is 0 Å². The van der Waals surface area contributed by atoms with E-state index in [4.69, 9.17) is 14.0 Å². The molecule has 0 bridgehead atoms. The molecule has 0 radical (unpaired) electrons. The zero-order chi connectivity index (χ0) is 18.4. The lowest BCUT2D eigenvalue weighted by Gasteiger charge is -2.31. The number of aromatic nitrogens is 1. The molecule has 1 saturated heterocycles. The van der Waals surface area contributed by atoms with Gasteiger partial charge in [0.25, 0.3) is 5.91 Å². The van der Waals surface area contributed by atoms with Gasteiger partial charge in [0.2, 0.25) is 0 Å². The summed E-state index contributed by atoms with van der Waals surface area (Å²) >= 11 is 1.62. The van der Waals surface area contributed by atoms with Gasteiger partial charge in [-0.15, -0.1) is 11.8 Å². The molecule has 0 aliphatic carbocycles. The number of nitrogens with zero attached hydrogens (tertiary/aromatic N) is 2. The molecule has 3 rings (SSSR count). The molecule has 0 unspecified atom stereocenters. The minimum Gasteiger partial charge on any atom is -0.484 e. The lowest BCUT2D eigenvalue weighted by molar-refractivity contribution is 0.0561. The monoisotopic (exact) mass is 376 g/mol. The van der Waals surface area contributed by atoms with Crippen LogP contribution < -0.4 is 4.74 Å². The SMILES string of the molecule is COC[C@H]1CCCN(C(=O)c2cc(COc3ccccc3SC)on2)C1. The summed E-state index contributed by atoms with van der Waals surface area (Å²) in [7, 11) is 1.69. The summed E-state index contributed by atoms with van der Waals surface area (Å²) in [6.45, 7) is 2.37. The predicted octanol–water partition coefficient (Wildman–Crippen LogP) is 3.47. The maximum absolute atomic E-state index is 12.7. The van der Waals surface area contributed by atoms with Gasteiger partial charge >= 0.3 is 0 Å². The number of rotatable bonds is 7. The molecule has 2 heterocycles. The van der Waals surface area contributed by atoms with Gasteiger partial charge in [-0.3, -0.25) is 4.79 Å². The number of hydrogen-bond donors (Lipinski definition) is 0. The van der Waals surface area contributed by atoms with E-state index in [1.807, 2.05) is 35.4 Å². The number of piperidine rings is 1. The van der Waals surface area contributed by atoms with Crippen LogP contribution in [0.5, 0.6) is 5.75 Å². The predicted molar refractivity (Wildman–Crippen MR) is 99.6 cm³/mol. The van der Waals surface area contributed by atoms with Gasteiger partial charge in [0.15, 0.2) is 11.5 Å². The number of hydrogen-bond acceptors (Lipinski definition) is 6. The zero-order valence-electron chi connectivity index (χ0n) is 15.1. The van der Waals surface area contributed by atoms with E-state index in [0.717, 1.165) is 30.0 Å². The van der Waals surface area contributed by atoms with Crippen molar-refractivity contribution in [3.63, 3.8) is 0 Å². The largest absolute Gasteiger partial charge is 0.484 e. The zero-order valence-corrected chi connectivity index (χ0v) is 16.0. The maximum atomic E-state index is 12.7. The maximum Gasteiger partial charge on any atom is 0.276 e. The summed E-state index contributed by atoms with van der Waals surface area (Å²) in [6.07, 6.45) is 4.08. The van der Waals surface area contributed by atoms with Crippen LogP contribution >= 0.6 is 11.8 Å². The lowest BCUT2D eigenvalue weighted by Crippen LogP contribution is -2.41. The fourth-order valence-electron chi connectivity index (χ4n) is 3.15. The minimum absolute atomic E-state index is 0.0923. The Kier molecular flexibility index (Phi) is 6.57. The number of carbonyl (C=O) groups excluding carboxylic acids is 1. The van der Waals surface area contributed by atoms with Crippen molar-refractivity contribution in [1.29, 1.82) is 0 Å². The molecule has 1 fully saturated rings. The van der Waals surface area contributed by atoms with Gasteiger partial charge in [-0.05, 0) is 37.1 Å². The van der Waals surface area contributed by atoms with Crippen LogP contribution in [0.15, 0.2) is 39.8 Å². The summed E-state index contributed by atoms with van der Waals surface area (Å²) in [4.78, 5) is 15.5. The number of ether oxygens (including phenoxy) is 2. The number of benzene rings is 1. The van der Waals surface area contributed by atoms with Crippen molar-refractivity contribution >= 4 is 17.7 Å². The molecule has 1 aliphatic heterocycles. The summed E-state index contributed by atoms with van der Waals surface area (Å²) < 4.78 is 16.3. The average Bonchev–Trinajstić information content (AvgIpc) is 3.15. The standard InChI is InChI=1S/C19H24N2O4S/c1-23-12-14-6-5-9-21(11-14)19(22)16-10-15(25-20-16)13-24-17-7-3-4-8-18(17)26-2/h3-4,7-8,10,14H,5-6,9,11-13H2,1-2H3/t14-/m0/s1. The van der Waals surface area contributed by atoms with Gasteiger partial charge in [-0.25, -0.2) is 0 Å². The third-order valence-corrected chi connectivity index (χ3v) is 5.20. The second kappa shape index (κ2) is 9.09. The average molecular weight is 376 g/mol. The summed E-state index contributed by atoms with van der Waals surface area (Å²) in [5, 5.41) is 3.93. The third kappa shape index (κ3) is 4.59. The highest BCUT2D eigenvalue weighted by Gasteiger charge is 2.26. The molecule has 140 valence electrons. The number of para-hydroxylation sites is 1. The molecule has 1 atom stereocenters. The molecule has 1 amide bonds. The molecule has 7 heteroatoms. The Labute approximate surface area is 157 Å². The van der Waals surface area contributed by atoms with Crippen molar-refractivity contribution in [3.8, 4) is 5.75 Å². The number of amides is 1. The van der Waals surface area contributed by atoms with Gasteiger partial charge in [-0.1, -0.05) is 17.3 Å². The van der Waals surface area contributed by atoms with E-state index >= 15 is 0 Å². The Morgan fingerprint density at radius 2 is 2.27 bits per heavy atom. The first-order chi connectivity index (χ1) is 12.7. The Morgan fingerprint density at radius 3 is 3.08 bits per heavy atom. The highest BCUT2D eigenvalue weighted by molar-refractivity contribution is 7.98. The van der Waals surface area contributed by atoms with Gasteiger partial charge in [-0.2, -0.15) is 0 Å². The van der Waals surface area contributed by atoms with Crippen LogP contribution in [0.1, 0.15) is 29.1 Å². The smallest absolute Gasteiger partial charge is 0.276 e. The number of methoxy groups -OCH3 is 1. The first-order valence-electron chi connectivity index (χ1n) is 8.71. The van der Waals surface area contributed by atoms with Crippen LogP contribution in [0.25, 0.3) is 0 Å². The summed E-state index contributed by atoms with van der Waals surface area (Å²) in [5.41, 5.74) is 0.333. The molecule has 1 aromatic carbocycles. The van der Waals surface area contributed by atoms with Gasteiger partial charge in [0.05, 0.1) is 6.61 Å². The molecule has 2 aromatic rings. The quantitative estimate of drug-likeness (QED) is 0.690. The molecule has 0 spiro atoms. The van der Waals surface area contributed by atoms with Crippen molar-refractivity contribution in [3.05, 3.63) is 41.8 Å². The second-order valence-electron chi connectivity index (χ2n) is 6.33. The summed E-state index contributed by atoms with van der Waals surface area (Å²) in [6, 6.07) is 9.49. The first-order valence-corrected chi connectivity index (χ1v) is 9.93. The Hall–Kier alpha value is -1.99. The van der Waals surface area contributed by atoms with Crippen LogP contribution in [-0.4, -0.2) is 49.0 Å². The van der Waals surface area contributed by atoms with Crippen LogP contribution in [0.2, 0.25) is 0 Å². The fourth-order valence-corrected chi connectivity index (χ4v) is 3.69. The molecule has 1 aromatic heterocycles. The number of likely N-dealkylation sites (tertiary alicyclic amines) is 1. The van der Waals surface area contributed by atoms with Crippen molar-refractivity contribution in [2.75, 3.05) is 33.1 Å². The van der Waals surface area contributed by atoms with Crippen molar-refractivity contribution in [1.82, 2.24) is 10.1 Å². The molecule has 1 aliphatic rings. The van der Waals surface area contributed by atoms with Crippen molar-refractivity contribution < 1.29 is 18.8 Å². The molecule has 26 heavy (non-hydrogen) atoms. The molecule has 6 nitrogen and oxygen atoms in total. The lowest BCUT2D eigenvalue weighted by atomic mass is 9.99. The third-order valence-electron chi connectivity index (χ3n) is 4.43. The van der Waals surface area contributed by atoms with E-state index in [1.54, 1.807) is 24.9 Å². The number of carbonyl (C=O) groups is 1. The molecular weight excluding hydrogens is 352 g/mol. The van der Waals surface area contributed by atoms with Crippen molar-refractivity contribution in [2.24, 2.45) is 5.92 Å². The highest BCUT2D eigenvalue weighted by Crippen LogP contribution is 2.27. The van der Waals surface area contributed by atoms with Gasteiger partial charge in [0.1, 0.15) is 12.4 Å². The van der Waals surface area contributed by atoms with Gasteiger partial charge < -0.3 is 18.9 Å². The Morgan fingerprint density at radius 1 is 1.42 bits per heavy atom. The summed E-state index contributed by atoms with van der Waals surface area (Å²) in [5.74, 6) is 1.62. The molecule has 0 N–H and O–H groups in total. The van der Waals surface area contributed by atoms with E-state index < -0.39 is 0 Å². The van der Waals surface area contributed by atoms with Crippen LogP contribution in [0.4, 0.5) is 0 Å². The second-order valence-corrected chi connectivity index (χ2v) is 7.18. The fraction of sp³-hybridized carbons (Fsp3) is 0.474. The number of thioether (sulfide) groups is 1. The van der Waals surface area contributed by atoms with E-state index in [-0.39, 0.29) is 12.5 Å². The van der Waals surface area contributed by atoms with E-state index in [0.29, 0.717) is 30.5 Å². The topological polar surface area (TPSA) is 64.8 Å². The van der Waals surface area contributed by atoms with Crippen LogP contribution in [0.3, 0.4) is 0 Å². The Bertz CT molecular complexity index is 732. The molecular formula is C19H24N2O4S. The van der Waals surface area contributed by atoms with Gasteiger partial charge in [0, 0.05) is 31.2 Å². The molecule has 0 saturated carbocycles. The highest BCUT2D eigenvalue weighted by atomic mass is 32.2. The van der Waals surface area contributed by atoms with E-state index in [2.05, 4.69) is 5.16 Å². The van der Waals surface area contributed by atoms with Crippen LogP contribution in [-0.2, 0) is 11.3 Å². The minimum atomic E-state index is -0.0923. The first kappa shape index (κ1) is 18.8.